The molecule has 82 valence electrons. The molecule has 0 spiro atoms. The van der Waals surface area contributed by atoms with Crippen LogP contribution < -0.4 is 5.32 Å². The summed E-state index contributed by atoms with van der Waals surface area (Å²) in [6, 6.07) is 0. The molecular weight excluding hydrogens is 182 g/mol. The molecule has 0 saturated heterocycles. The smallest absolute Gasteiger partial charge is 0.245 e. The van der Waals surface area contributed by atoms with E-state index in [0.717, 1.165) is 25.7 Å². The van der Waals surface area contributed by atoms with Gasteiger partial charge in [-0.1, -0.05) is 0 Å². The van der Waals surface area contributed by atoms with Gasteiger partial charge in [-0.05, 0) is 31.6 Å². The molecular formula is C10H19NO3. The summed E-state index contributed by atoms with van der Waals surface area (Å²) < 4.78 is 5.43. The van der Waals surface area contributed by atoms with Gasteiger partial charge in [0.25, 0.3) is 0 Å². The van der Waals surface area contributed by atoms with E-state index in [-0.39, 0.29) is 25.2 Å². The van der Waals surface area contributed by atoms with Crippen LogP contribution >= 0.6 is 0 Å². The predicted octanol–water partition coefficient (Wildman–Crippen LogP) is 0.300. The van der Waals surface area contributed by atoms with Crippen molar-refractivity contribution in [1.29, 1.82) is 0 Å². The van der Waals surface area contributed by atoms with E-state index in [2.05, 4.69) is 5.32 Å². The zero-order valence-electron chi connectivity index (χ0n) is 8.66. The minimum absolute atomic E-state index is 0.0747. The van der Waals surface area contributed by atoms with Gasteiger partial charge in [-0.15, -0.1) is 0 Å². The van der Waals surface area contributed by atoms with Crippen LogP contribution in [0.15, 0.2) is 0 Å². The van der Waals surface area contributed by atoms with Crippen LogP contribution in [0.3, 0.4) is 0 Å². The minimum Gasteiger partial charge on any atom is -0.396 e. The predicted molar refractivity (Wildman–Crippen MR) is 52.9 cm³/mol. The van der Waals surface area contributed by atoms with E-state index in [1.165, 1.54) is 0 Å². The quantitative estimate of drug-likeness (QED) is 0.687. The fourth-order valence-corrected chi connectivity index (χ4v) is 1.75. The molecule has 0 atom stereocenters. The molecule has 14 heavy (non-hydrogen) atoms. The van der Waals surface area contributed by atoms with E-state index in [9.17, 15) is 4.79 Å². The average Bonchev–Trinajstić information content (AvgIpc) is 2.26. The monoisotopic (exact) mass is 201 g/mol. The van der Waals surface area contributed by atoms with E-state index >= 15 is 0 Å². The van der Waals surface area contributed by atoms with Crippen molar-refractivity contribution < 1.29 is 14.6 Å². The van der Waals surface area contributed by atoms with E-state index in [1.54, 1.807) is 7.05 Å². The number of hydrogen-bond donors (Lipinski definition) is 2. The van der Waals surface area contributed by atoms with Crippen molar-refractivity contribution in [3.63, 3.8) is 0 Å². The van der Waals surface area contributed by atoms with Crippen LogP contribution in [-0.4, -0.2) is 37.4 Å². The molecule has 1 amide bonds. The largest absolute Gasteiger partial charge is 0.396 e. The van der Waals surface area contributed by atoms with Gasteiger partial charge in [-0.3, -0.25) is 4.79 Å². The number of carbonyl (C=O) groups excluding carboxylic acids is 1. The van der Waals surface area contributed by atoms with Gasteiger partial charge < -0.3 is 15.2 Å². The molecule has 4 nitrogen and oxygen atoms in total. The summed E-state index contributed by atoms with van der Waals surface area (Å²) in [7, 11) is 1.61. The molecule has 0 aromatic heterocycles. The summed E-state index contributed by atoms with van der Waals surface area (Å²) in [5, 5.41) is 11.4. The van der Waals surface area contributed by atoms with Crippen molar-refractivity contribution in [2.75, 3.05) is 20.3 Å². The molecule has 1 aliphatic rings. The second-order valence-corrected chi connectivity index (χ2v) is 3.81. The topological polar surface area (TPSA) is 58.6 Å². The standard InChI is InChI=1S/C10H19NO3/c1-11-10(13)7-14-9-4-2-8(6-12)3-5-9/h8-9,12H,2-7H2,1H3,(H,11,13). The third-order valence-corrected chi connectivity index (χ3v) is 2.78. The molecule has 0 bridgehead atoms. The Labute approximate surface area is 84.6 Å². The number of hydrogen-bond acceptors (Lipinski definition) is 3. The first-order valence-electron chi connectivity index (χ1n) is 5.19. The number of likely N-dealkylation sites (N-methyl/N-ethyl adjacent to an activating group) is 1. The first-order valence-corrected chi connectivity index (χ1v) is 5.19. The third-order valence-electron chi connectivity index (χ3n) is 2.78. The number of rotatable bonds is 4. The van der Waals surface area contributed by atoms with Crippen LogP contribution in [0.1, 0.15) is 25.7 Å². The Bertz CT molecular complexity index is 176. The summed E-state index contributed by atoms with van der Waals surface area (Å²) in [5.41, 5.74) is 0. The molecule has 0 heterocycles. The number of nitrogens with one attached hydrogen (secondary N) is 1. The molecule has 0 unspecified atom stereocenters. The van der Waals surface area contributed by atoms with E-state index in [0.29, 0.717) is 5.92 Å². The average molecular weight is 201 g/mol. The number of amides is 1. The molecule has 1 rings (SSSR count). The van der Waals surface area contributed by atoms with Gasteiger partial charge >= 0.3 is 0 Å². The Balaban J connectivity index is 2.13. The van der Waals surface area contributed by atoms with Gasteiger partial charge in [0.05, 0.1) is 6.10 Å². The summed E-state index contributed by atoms with van der Waals surface area (Å²) in [6.45, 7) is 0.438. The van der Waals surface area contributed by atoms with Crippen molar-refractivity contribution in [3.05, 3.63) is 0 Å². The summed E-state index contributed by atoms with van der Waals surface area (Å²) in [5.74, 6) is 0.365. The van der Waals surface area contributed by atoms with E-state index in [4.69, 9.17) is 9.84 Å². The summed E-state index contributed by atoms with van der Waals surface area (Å²) in [6.07, 6.45) is 4.14. The third kappa shape index (κ3) is 3.64. The second kappa shape index (κ2) is 5.98. The second-order valence-electron chi connectivity index (χ2n) is 3.81. The van der Waals surface area contributed by atoms with Crippen LogP contribution in [0.2, 0.25) is 0 Å². The Morgan fingerprint density at radius 2 is 2.07 bits per heavy atom. The first-order chi connectivity index (χ1) is 6.76. The number of aliphatic hydroxyl groups excluding tert-OH is 1. The Kier molecular flexibility index (Phi) is 4.90. The maximum absolute atomic E-state index is 10.9. The SMILES string of the molecule is CNC(=O)COC1CCC(CO)CC1. The highest BCUT2D eigenvalue weighted by molar-refractivity contribution is 5.76. The van der Waals surface area contributed by atoms with Crippen LogP contribution in [0, 0.1) is 5.92 Å². The molecule has 2 N–H and O–H groups in total. The zero-order valence-corrected chi connectivity index (χ0v) is 8.66. The van der Waals surface area contributed by atoms with Crippen LogP contribution in [-0.2, 0) is 9.53 Å². The van der Waals surface area contributed by atoms with E-state index < -0.39 is 0 Å². The lowest BCUT2D eigenvalue weighted by atomic mass is 9.88. The lowest BCUT2D eigenvalue weighted by molar-refractivity contribution is -0.128. The van der Waals surface area contributed by atoms with Gasteiger partial charge in [0.15, 0.2) is 0 Å². The van der Waals surface area contributed by atoms with Crippen molar-refractivity contribution >= 4 is 5.91 Å². The lowest BCUT2D eigenvalue weighted by Crippen LogP contribution is -2.29. The highest BCUT2D eigenvalue weighted by Crippen LogP contribution is 2.25. The molecule has 1 fully saturated rings. The lowest BCUT2D eigenvalue weighted by Gasteiger charge is -2.26. The van der Waals surface area contributed by atoms with Gasteiger partial charge in [-0.2, -0.15) is 0 Å². The highest BCUT2D eigenvalue weighted by Gasteiger charge is 2.21. The minimum atomic E-state index is -0.0747. The maximum Gasteiger partial charge on any atom is 0.245 e. The normalized spacial score (nSPS) is 27.3. The van der Waals surface area contributed by atoms with Crippen LogP contribution in [0.5, 0.6) is 0 Å². The molecule has 0 aromatic rings. The van der Waals surface area contributed by atoms with Gasteiger partial charge in [-0.25, -0.2) is 0 Å². The van der Waals surface area contributed by atoms with Crippen molar-refractivity contribution in [3.8, 4) is 0 Å². The molecule has 0 aromatic carbocycles. The molecule has 4 heteroatoms. The Hall–Kier alpha value is -0.610. The molecule has 0 radical (unpaired) electrons. The van der Waals surface area contributed by atoms with Gasteiger partial charge in [0, 0.05) is 13.7 Å². The fraction of sp³-hybridized carbons (Fsp3) is 0.900. The number of ether oxygens (including phenoxy) is 1. The van der Waals surface area contributed by atoms with Crippen LogP contribution in [0.4, 0.5) is 0 Å². The number of carbonyl (C=O) groups is 1. The summed E-state index contributed by atoms with van der Waals surface area (Å²) >= 11 is 0. The highest BCUT2D eigenvalue weighted by atomic mass is 16.5. The van der Waals surface area contributed by atoms with Gasteiger partial charge in [0.1, 0.15) is 6.61 Å². The fourth-order valence-electron chi connectivity index (χ4n) is 1.75. The Morgan fingerprint density at radius 1 is 1.43 bits per heavy atom. The molecule has 1 saturated carbocycles. The molecule has 1 aliphatic carbocycles. The molecule has 0 aliphatic heterocycles. The van der Waals surface area contributed by atoms with Crippen molar-refractivity contribution in [2.45, 2.75) is 31.8 Å². The summed E-state index contributed by atoms with van der Waals surface area (Å²) in [4.78, 5) is 10.9. The Morgan fingerprint density at radius 3 is 2.57 bits per heavy atom. The van der Waals surface area contributed by atoms with Crippen molar-refractivity contribution in [1.82, 2.24) is 5.32 Å². The first kappa shape index (κ1) is 11.5. The van der Waals surface area contributed by atoms with Crippen LogP contribution in [0.25, 0.3) is 0 Å². The zero-order chi connectivity index (χ0) is 10.4. The van der Waals surface area contributed by atoms with Gasteiger partial charge in [0.2, 0.25) is 5.91 Å². The number of aliphatic hydroxyl groups is 1. The van der Waals surface area contributed by atoms with Crippen molar-refractivity contribution in [2.24, 2.45) is 5.92 Å². The maximum atomic E-state index is 10.9. The van der Waals surface area contributed by atoms with E-state index in [1.807, 2.05) is 0 Å².